The lowest BCUT2D eigenvalue weighted by Crippen LogP contribution is -2.42. The third-order valence-electron chi connectivity index (χ3n) is 2.61. The van der Waals surface area contributed by atoms with E-state index in [4.69, 9.17) is 0 Å². The van der Waals surface area contributed by atoms with Gasteiger partial charge in [0, 0.05) is 6.04 Å². The summed E-state index contributed by atoms with van der Waals surface area (Å²) in [5.74, 6) is -0.711. The van der Waals surface area contributed by atoms with E-state index < -0.39 is 22.0 Å². The molecule has 0 bridgehead atoms. The molecule has 0 aliphatic heterocycles. The monoisotopic (exact) mass is 294 g/mol. The van der Waals surface area contributed by atoms with Crippen molar-refractivity contribution in [2.75, 3.05) is 0 Å². The molecule has 1 aromatic carbocycles. The minimum Gasteiger partial charge on any atom is -0.266 e. The molecule has 7 nitrogen and oxygen atoms in total. The molecular weight excluding hydrogens is 280 g/mol. The summed E-state index contributed by atoms with van der Waals surface area (Å²) >= 11 is 0. The molecule has 1 aromatic heterocycles. The number of carbonyl (C=O) groups is 1. The summed E-state index contributed by atoms with van der Waals surface area (Å²) in [7, 11) is -3.92. The van der Waals surface area contributed by atoms with E-state index in [0.29, 0.717) is 0 Å². The minimum absolute atomic E-state index is 0.0433. The van der Waals surface area contributed by atoms with Gasteiger partial charge in [0.2, 0.25) is 0 Å². The van der Waals surface area contributed by atoms with Crippen LogP contribution in [0.5, 0.6) is 0 Å². The van der Waals surface area contributed by atoms with Crippen LogP contribution in [-0.2, 0) is 10.0 Å². The van der Waals surface area contributed by atoms with Crippen molar-refractivity contribution in [3.8, 4) is 0 Å². The summed E-state index contributed by atoms with van der Waals surface area (Å²) in [4.78, 5) is 12.4. The number of rotatable bonds is 4. The zero-order chi connectivity index (χ0) is 14.8. The van der Waals surface area contributed by atoms with Crippen molar-refractivity contribution in [2.45, 2.75) is 24.8 Å². The van der Waals surface area contributed by atoms with E-state index in [1.807, 2.05) is 0 Å². The molecule has 0 aliphatic rings. The summed E-state index contributed by atoms with van der Waals surface area (Å²) in [6, 6.07) is 7.27. The SMILES string of the molecule is CC(C)N(C(=O)c1c[nH]nn1)S(=O)(=O)c1ccccc1. The lowest BCUT2D eigenvalue weighted by atomic mass is 10.3. The third kappa shape index (κ3) is 2.55. The van der Waals surface area contributed by atoms with E-state index in [1.165, 1.54) is 18.3 Å². The Morgan fingerprint density at radius 3 is 2.40 bits per heavy atom. The molecule has 106 valence electrons. The Labute approximate surface area is 116 Å². The maximum atomic E-state index is 12.6. The molecule has 0 atom stereocenters. The lowest BCUT2D eigenvalue weighted by Gasteiger charge is -2.25. The number of aromatic nitrogens is 3. The van der Waals surface area contributed by atoms with Crippen molar-refractivity contribution in [1.82, 2.24) is 19.7 Å². The van der Waals surface area contributed by atoms with E-state index in [0.717, 1.165) is 4.31 Å². The molecule has 1 heterocycles. The predicted octanol–water partition coefficient (Wildman–Crippen LogP) is 1.04. The molecule has 0 saturated carbocycles. The standard InChI is InChI=1S/C12H14N4O3S/c1-9(2)16(12(17)11-8-13-15-14-11)20(18,19)10-6-4-3-5-7-10/h3-9H,1-2H3,(H,13,14,15). The van der Waals surface area contributed by atoms with Gasteiger partial charge in [-0.2, -0.15) is 0 Å². The van der Waals surface area contributed by atoms with Crippen LogP contribution in [0.2, 0.25) is 0 Å². The van der Waals surface area contributed by atoms with Gasteiger partial charge in [0.05, 0.1) is 11.1 Å². The van der Waals surface area contributed by atoms with Gasteiger partial charge in [0.15, 0.2) is 5.69 Å². The highest BCUT2D eigenvalue weighted by Gasteiger charge is 2.33. The van der Waals surface area contributed by atoms with E-state index >= 15 is 0 Å². The van der Waals surface area contributed by atoms with Crippen molar-refractivity contribution < 1.29 is 13.2 Å². The van der Waals surface area contributed by atoms with Crippen LogP contribution in [0, 0.1) is 0 Å². The molecule has 0 spiro atoms. The number of nitrogens with one attached hydrogen (secondary N) is 1. The number of H-pyrrole nitrogens is 1. The first-order chi connectivity index (χ1) is 9.44. The van der Waals surface area contributed by atoms with Crippen LogP contribution >= 0.6 is 0 Å². The maximum absolute atomic E-state index is 12.6. The molecular formula is C12H14N4O3S. The van der Waals surface area contributed by atoms with Gasteiger partial charge in [-0.05, 0) is 26.0 Å². The van der Waals surface area contributed by atoms with E-state index in [-0.39, 0.29) is 10.6 Å². The molecule has 1 amide bonds. The number of benzene rings is 1. The van der Waals surface area contributed by atoms with Crippen LogP contribution in [0.15, 0.2) is 41.4 Å². The first-order valence-electron chi connectivity index (χ1n) is 5.95. The minimum atomic E-state index is -3.92. The fourth-order valence-electron chi connectivity index (χ4n) is 1.75. The van der Waals surface area contributed by atoms with E-state index in [2.05, 4.69) is 15.4 Å². The van der Waals surface area contributed by atoms with Gasteiger partial charge in [-0.15, -0.1) is 5.10 Å². The number of aromatic amines is 1. The van der Waals surface area contributed by atoms with Crippen LogP contribution in [-0.4, -0.2) is 40.1 Å². The largest absolute Gasteiger partial charge is 0.290 e. The second-order valence-electron chi connectivity index (χ2n) is 4.37. The Morgan fingerprint density at radius 1 is 1.25 bits per heavy atom. The molecule has 0 radical (unpaired) electrons. The highest BCUT2D eigenvalue weighted by molar-refractivity contribution is 7.89. The summed E-state index contributed by atoms with van der Waals surface area (Å²) in [6.45, 7) is 3.25. The normalized spacial score (nSPS) is 11.6. The first-order valence-corrected chi connectivity index (χ1v) is 7.39. The number of hydrogen-bond donors (Lipinski definition) is 1. The van der Waals surface area contributed by atoms with Gasteiger partial charge in [0.25, 0.3) is 15.9 Å². The Hall–Kier alpha value is -2.22. The van der Waals surface area contributed by atoms with Gasteiger partial charge in [0.1, 0.15) is 0 Å². The smallest absolute Gasteiger partial charge is 0.266 e. The van der Waals surface area contributed by atoms with Crippen molar-refractivity contribution in [2.24, 2.45) is 0 Å². The summed E-state index contributed by atoms with van der Waals surface area (Å²) in [6.07, 6.45) is 1.26. The van der Waals surface area contributed by atoms with Crippen LogP contribution in [0.25, 0.3) is 0 Å². The third-order valence-corrected chi connectivity index (χ3v) is 4.58. The molecule has 0 fully saturated rings. The van der Waals surface area contributed by atoms with Crippen LogP contribution in [0.4, 0.5) is 0 Å². The second kappa shape index (κ2) is 5.41. The molecule has 1 N–H and O–H groups in total. The van der Waals surface area contributed by atoms with Gasteiger partial charge in [-0.25, -0.2) is 12.7 Å². The predicted molar refractivity (Wildman–Crippen MR) is 71.3 cm³/mol. The molecule has 2 aromatic rings. The number of sulfonamides is 1. The molecule has 0 unspecified atom stereocenters. The fraction of sp³-hybridized carbons (Fsp3) is 0.250. The number of amides is 1. The molecule has 2 rings (SSSR count). The number of nitrogens with zero attached hydrogens (tertiary/aromatic N) is 3. The van der Waals surface area contributed by atoms with Crippen molar-refractivity contribution in [1.29, 1.82) is 0 Å². The Bertz CT molecular complexity index is 681. The van der Waals surface area contributed by atoms with Gasteiger partial charge >= 0.3 is 0 Å². The van der Waals surface area contributed by atoms with Crippen molar-refractivity contribution >= 4 is 15.9 Å². The lowest BCUT2D eigenvalue weighted by molar-refractivity contribution is 0.0830. The summed E-state index contributed by atoms with van der Waals surface area (Å²) in [5.41, 5.74) is -0.0433. The molecule has 0 saturated heterocycles. The average Bonchev–Trinajstić information content (AvgIpc) is 2.93. The van der Waals surface area contributed by atoms with E-state index in [9.17, 15) is 13.2 Å². The second-order valence-corrected chi connectivity index (χ2v) is 6.19. The molecule has 8 heteroatoms. The average molecular weight is 294 g/mol. The number of hydrogen-bond acceptors (Lipinski definition) is 5. The summed E-state index contributed by atoms with van der Waals surface area (Å²) in [5, 5.41) is 9.38. The van der Waals surface area contributed by atoms with E-state index in [1.54, 1.807) is 32.0 Å². The fourth-order valence-corrected chi connectivity index (χ4v) is 3.34. The van der Waals surface area contributed by atoms with Crippen LogP contribution in [0.1, 0.15) is 24.3 Å². The van der Waals surface area contributed by atoms with Crippen LogP contribution in [0.3, 0.4) is 0 Å². The Morgan fingerprint density at radius 2 is 1.90 bits per heavy atom. The zero-order valence-corrected chi connectivity index (χ0v) is 11.8. The van der Waals surface area contributed by atoms with Crippen molar-refractivity contribution in [3.63, 3.8) is 0 Å². The molecule has 20 heavy (non-hydrogen) atoms. The Kier molecular flexibility index (Phi) is 3.84. The topological polar surface area (TPSA) is 96.0 Å². The molecule has 0 aliphatic carbocycles. The number of carbonyl (C=O) groups excluding carboxylic acids is 1. The zero-order valence-electron chi connectivity index (χ0n) is 11.0. The van der Waals surface area contributed by atoms with Gasteiger partial charge in [-0.1, -0.05) is 23.4 Å². The quantitative estimate of drug-likeness (QED) is 0.909. The first kappa shape index (κ1) is 14.2. The summed E-state index contributed by atoms with van der Waals surface area (Å²) < 4.78 is 25.9. The van der Waals surface area contributed by atoms with Crippen molar-refractivity contribution in [3.05, 3.63) is 42.2 Å². The maximum Gasteiger partial charge on any atom is 0.290 e. The Balaban J connectivity index is 2.47. The highest BCUT2D eigenvalue weighted by atomic mass is 32.2. The highest BCUT2D eigenvalue weighted by Crippen LogP contribution is 2.19. The van der Waals surface area contributed by atoms with Gasteiger partial charge < -0.3 is 0 Å². The van der Waals surface area contributed by atoms with Gasteiger partial charge in [-0.3, -0.25) is 9.89 Å². The van der Waals surface area contributed by atoms with Crippen LogP contribution < -0.4 is 0 Å².